The topological polar surface area (TPSA) is 112 Å². The summed E-state index contributed by atoms with van der Waals surface area (Å²) >= 11 is 1.63. The van der Waals surface area contributed by atoms with Crippen molar-refractivity contribution in [2.24, 2.45) is 17.8 Å². The number of para-hydroxylation sites is 1. The van der Waals surface area contributed by atoms with Crippen molar-refractivity contribution in [2.75, 3.05) is 26.7 Å². The van der Waals surface area contributed by atoms with Gasteiger partial charge in [0.25, 0.3) is 0 Å². The molecule has 0 aliphatic carbocycles. The number of benzene rings is 1. The van der Waals surface area contributed by atoms with Crippen LogP contribution >= 0.6 is 11.8 Å². The number of carbonyl (C=O) groups excluding carboxylic acids is 3. The summed E-state index contributed by atoms with van der Waals surface area (Å²) in [6.45, 7) is 14.1. The van der Waals surface area contributed by atoms with Crippen LogP contribution in [0.4, 0.5) is 0 Å². The number of amides is 3. The molecular weight excluding hydrogens is 540 g/mol. The summed E-state index contributed by atoms with van der Waals surface area (Å²) < 4.78 is 0.413. The molecule has 1 spiro atoms. The Bertz CT molecular complexity index is 1380. The first-order chi connectivity index (χ1) is 19.5. The fourth-order valence-electron chi connectivity index (χ4n) is 7.25. The van der Waals surface area contributed by atoms with Crippen LogP contribution in [0, 0.1) is 17.8 Å². The van der Waals surface area contributed by atoms with Gasteiger partial charge in [0.1, 0.15) is 18.2 Å². The first-order valence-electron chi connectivity index (χ1n) is 14.2. The molecule has 3 saturated heterocycles. The minimum Gasteiger partial charge on any atom is -0.394 e. The number of fused-ring (bicyclic) bond motifs is 2. The highest BCUT2D eigenvalue weighted by Crippen LogP contribution is 2.72. The number of nitrogens with zero attached hydrogens (tertiary/aromatic N) is 6. The Kier molecular flexibility index (Phi) is 7.80. The molecule has 3 aliphatic heterocycles. The predicted molar refractivity (Wildman–Crippen MR) is 159 cm³/mol. The second-order valence-corrected chi connectivity index (χ2v) is 13.9. The molecule has 0 saturated carbocycles. The van der Waals surface area contributed by atoms with E-state index in [1.807, 2.05) is 38.1 Å². The monoisotopic (exact) mass is 580 g/mol. The molecule has 11 heteroatoms. The number of likely N-dealkylation sites (N-methyl/N-ethyl adjacent to an activating group) is 1. The molecule has 4 heterocycles. The molecule has 1 aromatic carbocycles. The van der Waals surface area contributed by atoms with Crippen LogP contribution in [0.2, 0.25) is 0 Å². The van der Waals surface area contributed by atoms with Crippen LogP contribution in [0.15, 0.2) is 49.6 Å². The summed E-state index contributed by atoms with van der Waals surface area (Å²) in [6.07, 6.45) is 4.69. The fraction of sp³-hybridized carbons (Fsp3) is 0.567. The average Bonchev–Trinajstić information content (AvgIpc) is 3.64. The smallest absolute Gasteiger partial charge is 0.248 e. The van der Waals surface area contributed by atoms with Crippen LogP contribution in [-0.2, 0) is 21.1 Å². The van der Waals surface area contributed by atoms with Crippen molar-refractivity contribution in [3.05, 3.63) is 49.6 Å². The predicted octanol–water partition coefficient (Wildman–Crippen LogP) is 2.55. The van der Waals surface area contributed by atoms with E-state index in [-0.39, 0.29) is 43.5 Å². The third-order valence-corrected chi connectivity index (χ3v) is 11.2. The lowest BCUT2D eigenvalue weighted by Gasteiger charge is -2.40. The van der Waals surface area contributed by atoms with E-state index in [0.29, 0.717) is 13.0 Å². The summed E-state index contributed by atoms with van der Waals surface area (Å²) in [7, 11) is 1.73. The zero-order chi connectivity index (χ0) is 29.7. The number of aliphatic hydroxyl groups is 1. The average molecular weight is 581 g/mol. The van der Waals surface area contributed by atoms with Crippen LogP contribution in [0.5, 0.6) is 0 Å². The van der Waals surface area contributed by atoms with Crippen LogP contribution < -0.4 is 0 Å². The number of likely N-dealkylation sites (tertiary alicyclic amines) is 1. The largest absolute Gasteiger partial charge is 0.394 e. The number of hydrogen-bond acceptors (Lipinski definition) is 7. The molecule has 220 valence electrons. The van der Waals surface area contributed by atoms with Crippen molar-refractivity contribution in [3.63, 3.8) is 0 Å². The Morgan fingerprint density at radius 1 is 1.20 bits per heavy atom. The van der Waals surface area contributed by atoms with Gasteiger partial charge in [0.2, 0.25) is 17.7 Å². The molecule has 5 rings (SSSR count). The number of carbonyl (C=O) groups is 3. The van der Waals surface area contributed by atoms with Gasteiger partial charge in [0.15, 0.2) is 0 Å². The first kappa shape index (κ1) is 29.3. The Labute approximate surface area is 245 Å². The zero-order valence-corrected chi connectivity index (χ0v) is 25.1. The standard InChI is InChI=1S/C30H40N6O4S/c1-7-15-33(6)26(38)23-24-27(39)36(22(17-37)19(3)4)25(30(24)14-13-29(23,5)41-30)28(40)34(16-8-2)18-35-21-12-10-9-11-20(21)31-32-35/h7-12,19,22-25,37H,1-2,13-18H2,3-6H3/t22-,23-,24-,25?,29+,30?/m0/s1. The molecule has 3 fully saturated rings. The molecule has 2 bridgehead atoms. The van der Waals surface area contributed by atoms with Crippen molar-refractivity contribution in [3.8, 4) is 0 Å². The van der Waals surface area contributed by atoms with Crippen molar-refractivity contribution in [2.45, 2.75) is 61.9 Å². The molecule has 6 atom stereocenters. The zero-order valence-electron chi connectivity index (χ0n) is 24.3. The van der Waals surface area contributed by atoms with E-state index in [1.54, 1.807) is 50.3 Å². The minimum absolute atomic E-state index is 0.100. The quantitative estimate of drug-likeness (QED) is 0.407. The maximum atomic E-state index is 14.8. The van der Waals surface area contributed by atoms with Crippen molar-refractivity contribution < 1.29 is 19.5 Å². The Morgan fingerprint density at radius 2 is 1.90 bits per heavy atom. The third-order valence-electron chi connectivity index (χ3n) is 9.19. The highest BCUT2D eigenvalue weighted by Gasteiger charge is 2.78. The van der Waals surface area contributed by atoms with E-state index < -0.39 is 33.4 Å². The fourth-order valence-corrected chi connectivity index (χ4v) is 9.58. The van der Waals surface area contributed by atoms with Gasteiger partial charge in [0, 0.05) is 24.9 Å². The maximum Gasteiger partial charge on any atom is 0.248 e. The molecular formula is C30H40N6O4S. The molecule has 0 radical (unpaired) electrons. The lowest BCUT2D eigenvalue weighted by Crippen LogP contribution is -2.58. The molecule has 1 aromatic heterocycles. The van der Waals surface area contributed by atoms with Gasteiger partial charge in [-0.15, -0.1) is 30.0 Å². The van der Waals surface area contributed by atoms with Crippen molar-refractivity contribution in [1.82, 2.24) is 29.7 Å². The normalized spacial score (nSPS) is 29.2. The number of aliphatic hydroxyl groups excluding tert-OH is 1. The minimum atomic E-state index is -0.844. The molecule has 3 aliphatic rings. The SMILES string of the molecule is C=CCN(C)C(=O)[C@@H]1[C@H]2C(=O)N([C@@H](CO)C(C)C)C(C(=O)N(CC=C)Cn3nnc4ccccc43)C23CC[C@@]1(C)S3. The lowest BCUT2D eigenvalue weighted by molar-refractivity contribution is -0.148. The maximum absolute atomic E-state index is 14.8. The summed E-state index contributed by atoms with van der Waals surface area (Å²) in [5, 5.41) is 19.0. The van der Waals surface area contributed by atoms with E-state index >= 15 is 0 Å². The second-order valence-electron chi connectivity index (χ2n) is 12.0. The number of hydrogen-bond donors (Lipinski definition) is 1. The van der Waals surface area contributed by atoms with Gasteiger partial charge in [-0.1, -0.05) is 43.3 Å². The van der Waals surface area contributed by atoms with Gasteiger partial charge in [-0.3, -0.25) is 14.4 Å². The van der Waals surface area contributed by atoms with E-state index in [2.05, 4.69) is 30.4 Å². The molecule has 41 heavy (non-hydrogen) atoms. The Morgan fingerprint density at radius 3 is 2.56 bits per heavy atom. The highest BCUT2D eigenvalue weighted by atomic mass is 32.2. The van der Waals surface area contributed by atoms with E-state index in [9.17, 15) is 19.5 Å². The number of thioether (sulfide) groups is 1. The lowest BCUT2D eigenvalue weighted by atomic mass is 9.66. The first-order valence-corrected chi connectivity index (χ1v) is 15.0. The van der Waals surface area contributed by atoms with Gasteiger partial charge < -0.3 is 19.8 Å². The third kappa shape index (κ3) is 4.48. The molecule has 1 N–H and O–H groups in total. The number of aromatic nitrogens is 3. The summed E-state index contributed by atoms with van der Waals surface area (Å²) in [5.74, 6) is -1.89. The Hall–Kier alpha value is -3.18. The molecule has 2 unspecified atom stereocenters. The summed E-state index contributed by atoms with van der Waals surface area (Å²) in [4.78, 5) is 48.0. The van der Waals surface area contributed by atoms with Gasteiger partial charge in [-0.25, -0.2) is 4.68 Å². The van der Waals surface area contributed by atoms with E-state index in [0.717, 1.165) is 17.5 Å². The van der Waals surface area contributed by atoms with Gasteiger partial charge in [-0.2, -0.15) is 0 Å². The van der Waals surface area contributed by atoms with E-state index in [4.69, 9.17) is 0 Å². The number of rotatable bonds is 11. The molecule has 2 aromatic rings. The second kappa shape index (κ2) is 10.9. The molecule has 10 nitrogen and oxygen atoms in total. The van der Waals surface area contributed by atoms with Gasteiger partial charge in [0.05, 0.1) is 34.7 Å². The van der Waals surface area contributed by atoms with Crippen LogP contribution in [0.1, 0.15) is 33.6 Å². The van der Waals surface area contributed by atoms with E-state index in [1.165, 1.54) is 0 Å². The van der Waals surface area contributed by atoms with Gasteiger partial charge in [-0.05, 0) is 37.8 Å². The summed E-state index contributed by atoms with van der Waals surface area (Å²) in [5.41, 5.74) is 1.51. The molecule has 3 amide bonds. The van der Waals surface area contributed by atoms with Crippen molar-refractivity contribution in [1.29, 1.82) is 0 Å². The summed E-state index contributed by atoms with van der Waals surface area (Å²) in [6, 6.07) is 6.13. The van der Waals surface area contributed by atoms with Crippen LogP contribution in [0.25, 0.3) is 11.0 Å². The van der Waals surface area contributed by atoms with Crippen molar-refractivity contribution >= 4 is 40.5 Å². The van der Waals surface area contributed by atoms with Gasteiger partial charge >= 0.3 is 0 Å². The van der Waals surface area contributed by atoms with Crippen LogP contribution in [-0.4, -0.2) is 101 Å². The van der Waals surface area contributed by atoms with Crippen LogP contribution in [0.3, 0.4) is 0 Å². The highest BCUT2D eigenvalue weighted by molar-refractivity contribution is 8.02. The Balaban J connectivity index is 1.59.